The summed E-state index contributed by atoms with van der Waals surface area (Å²) in [4.78, 5) is 0. The summed E-state index contributed by atoms with van der Waals surface area (Å²) >= 11 is 16.7. The minimum absolute atomic E-state index is 0.240. The third-order valence-corrected chi connectivity index (χ3v) is 3.86. The molecule has 3 nitrogen and oxygen atoms in total. The average molecular weight is 306 g/mol. The first-order valence-corrected chi connectivity index (χ1v) is 6.99. The molecule has 0 aliphatic carbocycles. The molecule has 0 aromatic rings. The third-order valence-electron chi connectivity index (χ3n) is 1.68. The van der Waals surface area contributed by atoms with Crippen LogP contribution in [-0.4, -0.2) is 18.8 Å². The Labute approximate surface area is 114 Å². The molecule has 0 amide bonds. The number of hydrogen-bond donors (Lipinski definition) is 1. The molecule has 0 rings (SSSR count). The molecule has 2 atom stereocenters. The largest absolute Gasteiger partial charge is 0.242 e. The van der Waals surface area contributed by atoms with Gasteiger partial charge in [-0.25, -0.2) is 8.93 Å². The van der Waals surface area contributed by atoms with Crippen LogP contribution in [0.25, 0.3) is 0 Å². The van der Waals surface area contributed by atoms with Gasteiger partial charge in [0, 0.05) is 0 Å². The van der Waals surface area contributed by atoms with E-state index in [0.717, 1.165) is 0 Å². The van der Waals surface area contributed by atoms with Crippen LogP contribution in [0.2, 0.25) is 0 Å². The Morgan fingerprint density at radius 3 is 2.19 bits per heavy atom. The van der Waals surface area contributed by atoms with Gasteiger partial charge < -0.3 is 0 Å². The van der Waals surface area contributed by atoms with E-state index in [2.05, 4.69) is 4.72 Å². The van der Waals surface area contributed by atoms with E-state index in [4.69, 9.17) is 40.1 Å². The van der Waals surface area contributed by atoms with E-state index in [0.29, 0.717) is 6.42 Å². The fourth-order valence-electron chi connectivity index (χ4n) is 0.764. The monoisotopic (exact) mass is 304 g/mol. The van der Waals surface area contributed by atoms with Crippen LogP contribution < -0.4 is 4.72 Å². The topological polar surface area (TPSA) is 52.9 Å². The number of halogens is 3. The highest BCUT2D eigenvalue weighted by Crippen LogP contribution is 2.31. The molecule has 0 spiro atoms. The quantitative estimate of drug-likeness (QED) is 0.812. The van der Waals surface area contributed by atoms with Gasteiger partial charge in [-0.05, 0) is 33.6 Å². The number of nitriles is 1. The lowest BCUT2D eigenvalue weighted by Crippen LogP contribution is -2.39. The third kappa shape index (κ3) is 7.70. The summed E-state index contributed by atoms with van der Waals surface area (Å²) in [6.45, 7) is 5.46. The SMILES string of the molecule is CC(C)(C)S(=O)N[C@@H](C#N)CCC(Cl)(Cl)Cl. The second kappa shape index (κ2) is 6.42. The molecule has 0 aliphatic heterocycles. The lowest BCUT2D eigenvalue weighted by atomic mass is 10.2. The molecule has 0 aliphatic rings. The van der Waals surface area contributed by atoms with Crippen molar-refractivity contribution >= 4 is 45.8 Å². The van der Waals surface area contributed by atoms with Gasteiger partial charge in [0.05, 0.1) is 21.8 Å². The van der Waals surface area contributed by atoms with Gasteiger partial charge in [-0.2, -0.15) is 5.26 Å². The van der Waals surface area contributed by atoms with Crippen molar-refractivity contribution in [2.24, 2.45) is 0 Å². The maximum absolute atomic E-state index is 11.7. The van der Waals surface area contributed by atoms with Crippen molar-refractivity contribution in [2.75, 3.05) is 0 Å². The predicted molar refractivity (Wildman–Crippen MR) is 70.0 cm³/mol. The van der Waals surface area contributed by atoms with Crippen LogP contribution in [-0.2, 0) is 11.0 Å². The molecule has 0 aromatic carbocycles. The zero-order valence-electron chi connectivity index (χ0n) is 9.39. The summed E-state index contributed by atoms with van der Waals surface area (Å²) in [5.41, 5.74) is 0. The number of nitrogens with zero attached hydrogens (tertiary/aromatic N) is 1. The molecular weight excluding hydrogens is 291 g/mol. The van der Waals surface area contributed by atoms with Gasteiger partial charge in [0.15, 0.2) is 3.79 Å². The number of rotatable bonds is 4. The summed E-state index contributed by atoms with van der Waals surface area (Å²) in [6, 6.07) is 1.42. The fourth-order valence-corrected chi connectivity index (χ4v) is 1.87. The Hall–Kier alpha value is 0.470. The van der Waals surface area contributed by atoms with Gasteiger partial charge in [-0.1, -0.05) is 34.8 Å². The molecule has 16 heavy (non-hydrogen) atoms. The maximum Gasteiger partial charge on any atom is 0.190 e. The molecule has 94 valence electrons. The van der Waals surface area contributed by atoms with Gasteiger partial charge in [0.1, 0.15) is 6.04 Å². The van der Waals surface area contributed by atoms with Crippen LogP contribution in [0.15, 0.2) is 0 Å². The molecule has 1 unspecified atom stereocenters. The summed E-state index contributed by atoms with van der Waals surface area (Å²) in [6.07, 6.45) is 0.582. The Balaban J connectivity index is 4.24. The van der Waals surface area contributed by atoms with Gasteiger partial charge >= 0.3 is 0 Å². The van der Waals surface area contributed by atoms with Gasteiger partial charge in [-0.3, -0.25) is 0 Å². The fraction of sp³-hybridized carbons (Fsp3) is 0.889. The average Bonchev–Trinajstić information content (AvgIpc) is 2.08. The van der Waals surface area contributed by atoms with Crippen LogP contribution in [0.3, 0.4) is 0 Å². The lowest BCUT2D eigenvalue weighted by Gasteiger charge is -2.21. The molecule has 0 aromatic heterocycles. The van der Waals surface area contributed by atoms with Crippen molar-refractivity contribution in [1.82, 2.24) is 4.72 Å². The molecule has 0 saturated heterocycles. The highest BCUT2D eigenvalue weighted by atomic mass is 35.6. The number of hydrogen-bond acceptors (Lipinski definition) is 2. The first-order valence-electron chi connectivity index (χ1n) is 4.70. The number of alkyl halides is 3. The van der Waals surface area contributed by atoms with E-state index in [1.54, 1.807) is 0 Å². The van der Waals surface area contributed by atoms with Crippen molar-refractivity contribution in [2.45, 2.75) is 48.2 Å². The second-order valence-corrected chi connectivity index (χ2v) is 8.85. The van der Waals surface area contributed by atoms with E-state index < -0.39 is 25.6 Å². The van der Waals surface area contributed by atoms with E-state index in [-0.39, 0.29) is 6.42 Å². The molecule has 0 heterocycles. The zero-order chi connectivity index (χ0) is 13.0. The van der Waals surface area contributed by atoms with E-state index >= 15 is 0 Å². The van der Waals surface area contributed by atoms with Crippen molar-refractivity contribution in [3.63, 3.8) is 0 Å². The van der Waals surface area contributed by atoms with Crippen LogP contribution in [0.5, 0.6) is 0 Å². The second-order valence-electron chi connectivity index (χ2n) is 4.33. The Morgan fingerprint density at radius 1 is 1.38 bits per heavy atom. The number of nitrogens with one attached hydrogen (secondary N) is 1. The molecule has 7 heteroatoms. The van der Waals surface area contributed by atoms with Crippen molar-refractivity contribution in [3.8, 4) is 6.07 Å². The van der Waals surface area contributed by atoms with E-state index in [1.807, 2.05) is 26.8 Å². The van der Waals surface area contributed by atoms with Crippen molar-refractivity contribution < 1.29 is 4.21 Å². The summed E-state index contributed by atoms with van der Waals surface area (Å²) < 4.78 is 12.6. The lowest BCUT2D eigenvalue weighted by molar-refractivity contribution is 0.600. The molecule has 0 saturated carbocycles. The summed E-state index contributed by atoms with van der Waals surface area (Å²) in [5, 5.41) is 8.86. The first kappa shape index (κ1) is 16.5. The summed E-state index contributed by atoms with van der Waals surface area (Å²) in [7, 11) is -1.30. The van der Waals surface area contributed by atoms with Gasteiger partial charge in [0.25, 0.3) is 0 Å². The Kier molecular flexibility index (Phi) is 6.60. The predicted octanol–water partition coefficient (Wildman–Crippen LogP) is 3.08. The standard InChI is InChI=1S/C9H15Cl3N2OS/c1-8(2,3)16(15)14-7(6-13)4-5-9(10,11)12/h7,14H,4-5H2,1-3H3/t7-,16?/m1/s1. The molecule has 1 N–H and O–H groups in total. The smallest absolute Gasteiger partial charge is 0.190 e. The molecule has 0 radical (unpaired) electrons. The Morgan fingerprint density at radius 2 is 1.88 bits per heavy atom. The van der Waals surface area contributed by atoms with Gasteiger partial charge in [0.2, 0.25) is 0 Å². The van der Waals surface area contributed by atoms with Crippen LogP contribution in [0.4, 0.5) is 0 Å². The van der Waals surface area contributed by atoms with Crippen molar-refractivity contribution in [3.05, 3.63) is 0 Å². The van der Waals surface area contributed by atoms with Crippen LogP contribution in [0.1, 0.15) is 33.6 Å². The van der Waals surface area contributed by atoms with E-state index in [9.17, 15) is 4.21 Å². The minimum Gasteiger partial charge on any atom is -0.242 e. The molecule has 0 fully saturated rings. The maximum atomic E-state index is 11.7. The van der Waals surface area contributed by atoms with E-state index in [1.165, 1.54) is 0 Å². The van der Waals surface area contributed by atoms with Crippen molar-refractivity contribution in [1.29, 1.82) is 5.26 Å². The normalized spacial score (nSPS) is 16.6. The summed E-state index contributed by atoms with van der Waals surface area (Å²) in [5.74, 6) is 0. The minimum atomic E-state index is -1.37. The molecule has 0 bridgehead atoms. The zero-order valence-corrected chi connectivity index (χ0v) is 12.5. The van der Waals surface area contributed by atoms with Crippen LogP contribution in [0, 0.1) is 11.3 Å². The van der Waals surface area contributed by atoms with Crippen LogP contribution >= 0.6 is 34.8 Å². The first-order chi connectivity index (χ1) is 7.06. The highest BCUT2D eigenvalue weighted by Gasteiger charge is 2.25. The Bertz CT molecular complexity index is 291. The molecular formula is C9H15Cl3N2OS. The van der Waals surface area contributed by atoms with Gasteiger partial charge in [-0.15, -0.1) is 0 Å². The highest BCUT2D eigenvalue weighted by molar-refractivity contribution is 7.84.